The number of β-amino-alcohol motifs (C(OH)–C–C–N with tert-alkyl or cyclic N) is 1. The number of benzene rings is 1. The normalized spacial score (nSPS) is 20.4. The molecule has 1 atom stereocenters. The molecule has 1 saturated heterocycles. The van der Waals surface area contributed by atoms with Crippen LogP contribution in [0.3, 0.4) is 0 Å². The maximum absolute atomic E-state index is 9.76. The van der Waals surface area contributed by atoms with E-state index in [9.17, 15) is 5.11 Å². The molecule has 1 aromatic rings. The van der Waals surface area contributed by atoms with Gasteiger partial charge in [-0.15, -0.1) is 0 Å². The second kappa shape index (κ2) is 6.54. The zero-order valence-electron chi connectivity index (χ0n) is 12.6. The van der Waals surface area contributed by atoms with Gasteiger partial charge in [0.2, 0.25) is 0 Å². The topological polar surface area (TPSA) is 45.2 Å². The summed E-state index contributed by atoms with van der Waals surface area (Å²) in [4.78, 5) is 4.68. The summed E-state index contributed by atoms with van der Waals surface area (Å²) < 4.78 is 11.4. The first-order valence-electron chi connectivity index (χ1n) is 7.82. The fraction of sp³-hybridized carbons (Fsp3) is 0.625. The zero-order chi connectivity index (χ0) is 14.7. The number of nitrogens with zero attached hydrogens (tertiary/aromatic N) is 2. The molecule has 1 aromatic carbocycles. The number of anilines is 1. The summed E-state index contributed by atoms with van der Waals surface area (Å²) in [5.74, 6) is 1.73. The Kier molecular flexibility index (Phi) is 4.51. The van der Waals surface area contributed by atoms with Crippen molar-refractivity contribution in [3.63, 3.8) is 0 Å². The van der Waals surface area contributed by atoms with E-state index < -0.39 is 0 Å². The fourth-order valence-electron chi connectivity index (χ4n) is 2.91. The molecular weight excluding hydrogens is 268 g/mol. The molecule has 1 N–H and O–H groups in total. The fourth-order valence-corrected chi connectivity index (χ4v) is 2.91. The number of aliphatic hydroxyl groups excluding tert-OH is 1. The van der Waals surface area contributed by atoms with Gasteiger partial charge in [0.05, 0.1) is 11.8 Å². The van der Waals surface area contributed by atoms with Crippen molar-refractivity contribution in [1.82, 2.24) is 4.90 Å². The molecule has 21 heavy (non-hydrogen) atoms. The third kappa shape index (κ3) is 3.24. The van der Waals surface area contributed by atoms with E-state index in [2.05, 4.69) is 15.9 Å². The Labute approximate surface area is 126 Å². The average Bonchev–Trinajstić information content (AvgIpc) is 2.55. The van der Waals surface area contributed by atoms with Crippen LogP contribution in [-0.4, -0.2) is 62.0 Å². The van der Waals surface area contributed by atoms with Crippen LogP contribution in [0.15, 0.2) is 18.2 Å². The summed E-state index contributed by atoms with van der Waals surface area (Å²) in [6, 6.07) is 6.09. The summed E-state index contributed by atoms with van der Waals surface area (Å²) in [6.45, 7) is 7.90. The van der Waals surface area contributed by atoms with Gasteiger partial charge in [-0.2, -0.15) is 0 Å². The van der Waals surface area contributed by atoms with Gasteiger partial charge in [-0.05, 0) is 18.6 Å². The first-order valence-corrected chi connectivity index (χ1v) is 7.82. The Morgan fingerprint density at radius 3 is 2.67 bits per heavy atom. The molecule has 1 fully saturated rings. The smallest absolute Gasteiger partial charge is 0.184 e. The predicted molar refractivity (Wildman–Crippen MR) is 82.4 cm³/mol. The number of aliphatic hydroxyl groups is 1. The molecule has 2 aliphatic heterocycles. The maximum atomic E-state index is 9.76. The van der Waals surface area contributed by atoms with Crippen molar-refractivity contribution in [2.24, 2.45) is 0 Å². The molecule has 2 heterocycles. The van der Waals surface area contributed by atoms with E-state index in [0.717, 1.165) is 56.3 Å². The van der Waals surface area contributed by atoms with Gasteiger partial charge in [0.15, 0.2) is 11.5 Å². The summed E-state index contributed by atoms with van der Waals surface area (Å²) in [5.41, 5.74) is 1.13. The first kappa shape index (κ1) is 14.5. The van der Waals surface area contributed by atoms with Gasteiger partial charge < -0.3 is 19.5 Å². The van der Waals surface area contributed by atoms with Gasteiger partial charge in [-0.25, -0.2) is 0 Å². The Hall–Kier alpha value is -1.46. The van der Waals surface area contributed by atoms with Crippen LogP contribution < -0.4 is 14.4 Å². The number of hydrogen-bond acceptors (Lipinski definition) is 5. The van der Waals surface area contributed by atoms with Crippen LogP contribution in [0, 0.1) is 0 Å². The number of piperazine rings is 1. The van der Waals surface area contributed by atoms with Crippen molar-refractivity contribution >= 4 is 5.69 Å². The van der Waals surface area contributed by atoms with Crippen molar-refractivity contribution in [2.75, 3.05) is 50.8 Å². The van der Waals surface area contributed by atoms with Gasteiger partial charge in [0, 0.05) is 32.7 Å². The molecule has 0 aliphatic carbocycles. The number of fused-ring (bicyclic) bond motifs is 1. The molecule has 116 valence electrons. The van der Waals surface area contributed by atoms with Gasteiger partial charge in [0.25, 0.3) is 0 Å². The molecule has 0 spiro atoms. The van der Waals surface area contributed by atoms with E-state index in [1.165, 1.54) is 0 Å². The molecule has 2 aliphatic rings. The summed E-state index contributed by atoms with van der Waals surface area (Å²) >= 11 is 0. The minimum atomic E-state index is -0.210. The van der Waals surface area contributed by atoms with Gasteiger partial charge >= 0.3 is 0 Å². The average molecular weight is 292 g/mol. The second-order valence-electron chi connectivity index (χ2n) is 5.65. The molecule has 0 saturated carbocycles. The van der Waals surface area contributed by atoms with Gasteiger partial charge in [-0.1, -0.05) is 13.0 Å². The van der Waals surface area contributed by atoms with Crippen LogP contribution in [0.1, 0.15) is 13.3 Å². The lowest BCUT2D eigenvalue weighted by Crippen LogP contribution is -2.48. The van der Waals surface area contributed by atoms with Crippen molar-refractivity contribution in [1.29, 1.82) is 0 Å². The van der Waals surface area contributed by atoms with Crippen LogP contribution in [-0.2, 0) is 0 Å². The molecule has 0 aromatic heterocycles. The SMILES string of the molecule is CC[C@@H](O)CN1CCN(c2cccc3c2OCCO3)CC1. The Morgan fingerprint density at radius 2 is 1.90 bits per heavy atom. The lowest BCUT2D eigenvalue weighted by Gasteiger charge is -2.38. The van der Waals surface area contributed by atoms with E-state index in [0.29, 0.717) is 13.2 Å². The van der Waals surface area contributed by atoms with Crippen LogP contribution >= 0.6 is 0 Å². The van der Waals surface area contributed by atoms with Crippen LogP contribution in [0.2, 0.25) is 0 Å². The van der Waals surface area contributed by atoms with E-state index in [1.54, 1.807) is 0 Å². The molecular formula is C16H24N2O3. The molecule has 3 rings (SSSR count). The number of rotatable bonds is 4. The highest BCUT2D eigenvalue weighted by atomic mass is 16.6. The van der Waals surface area contributed by atoms with E-state index in [4.69, 9.17) is 9.47 Å². The Bertz CT molecular complexity index is 473. The van der Waals surface area contributed by atoms with Crippen molar-refractivity contribution < 1.29 is 14.6 Å². The molecule has 5 nitrogen and oxygen atoms in total. The standard InChI is InChI=1S/C16H24N2O3/c1-2-13(19)12-17-6-8-18(9-7-17)14-4-3-5-15-16(14)21-11-10-20-15/h3-5,13,19H,2,6-12H2,1H3/t13-/m1/s1. The maximum Gasteiger partial charge on any atom is 0.184 e. The van der Waals surface area contributed by atoms with E-state index in [-0.39, 0.29) is 6.10 Å². The highest BCUT2D eigenvalue weighted by Gasteiger charge is 2.24. The number of ether oxygens (including phenoxy) is 2. The monoisotopic (exact) mass is 292 g/mol. The van der Waals surface area contributed by atoms with Crippen molar-refractivity contribution in [3.05, 3.63) is 18.2 Å². The summed E-state index contributed by atoms with van der Waals surface area (Å²) in [6.07, 6.45) is 0.607. The number of para-hydroxylation sites is 1. The minimum absolute atomic E-state index is 0.210. The Balaban J connectivity index is 1.65. The van der Waals surface area contributed by atoms with Crippen molar-refractivity contribution in [3.8, 4) is 11.5 Å². The first-order chi connectivity index (χ1) is 10.3. The third-order valence-corrected chi connectivity index (χ3v) is 4.20. The summed E-state index contributed by atoms with van der Waals surface area (Å²) in [7, 11) is 0. The predicted octanol–water partition coefficient (Wildman–Crippen LogP) is 1.35. The highest BCUT2D eigenvalue weighted by molar-refractivity contribution is 5.65. The van der Waals surface area contributed by atoms with Crippen LogP contribution in [0.25, 0.3) is 0 Å². The summed E-state index contributed by atoms with van der Waals surface area (Å²) in [5, 5.41) is 9.76. The van der Waals surface area contributed by atoms with E-state index in [1.807, 2.05) is 19.1 Å². The molecule has 0 amide bonds. The highest BCUT2D eigenvalue weighted by Crippen LogP contribution is 2.39. The molecule has 5 heteroatoms. The number of hydrogen-bond donors (Lipinski definition) is 1. The molecule has 0 bridgehead atoms. The minimum Gasteiger partial charge on any atom is -0.486 e. The van der Waals surface area contributed by atoms with Crippen LogP contribution in [0.4, 0.5) is 5.69 Å². The van der Waals surface area contributed by atoms with Crippen LogP contribution in [0.5, 0.6) is 11.5 Å². The third-order valence-electron chi connectivity index (χ3n) is 4.20. The second-order valence-corrected chi connectivity index (χ2v) is 5.65. The zero-order valence-corrected chi connectivity index (χ0v) is 12.6. The quantitative estimate of drug-likeness (QED) is 0.907. The van der Waals surface area contributed by atoms with E-state index >= 15 is 0 Å². The molecule has 0 unspecified atom stereocenters. The molecule has 0 radical (unpaired) electrons. The van der Waals surface area contributed by atoms with Crippen molar-refractivity contribution in [2.45, 2.75) is 19.4 Å². The lowest BCUT2D eigenvalue weighted by atomic mass is 10.2. The van der Waals surface area contributed by atoms with Gasteiger partial charge in [-0.3, -0.25) is 4.90 Å². The lowest BCUT2D eigenvalue weighted by molar-refractivity contribution is 0.106. The largest absolute Gasteiger partial charge is 0.486 e. The van der Waals surface area contributed by atoms with Gasteiger partial charge in [0.1, 0.15) is 13.2 Å². The Morgan fingerprint density at radius 1 is 1.14 bits per heavy atom.